The molecule has 0 heterocycles. The second kappa shape index (κ2) is 8.55. The van der Waals surface area contributed by atoms with Crippen LogP contribution in [-0.4, -0.2) is 18.6 Å². The standard InChI is InChI=1S/C17H29N3O/c1-6-19-17(18)20-11-15-8-7-13(4)10-16(15)21-14(5)9-12(2)3/h7-8,10,12,14H,6,9,11H2,1-5H3,(H3,18,19,20). The molecule has 1 atom stereocenters. The van der Waals surface area contributed by atoms with Crippen LogP contribution in [0, 0.1) is 12.8 Å². The van der Waals surface area contributed by atoms with E-state index < -0.39 is 0 Å². The molecule has 1 aromatic rings. The molecule has 118 valence electrons. The van der Waals surface area contributed by atoms with Crippen molar-refractivity contribution in [1.82, 2.24) is 5.32 Å². The predicted molar refractivity (Wildman–Crippen MR) is 89.7 cm³/mol. The lowest BCUT2D eigenvalue weighted by molar-refractivity contribution is 0.191. The molecule has 0 saturated heterocycles. The zero-order valence-electron chi connectivity index (χ0n) is 13.9. The maximum Gasteiger partial charge on any atom is 0.188 e. The van der Waals surface area contributed by atoms with E-state index in [-0.39, 0.29) is 6.10 Å². The monoisotopic (exact) mass is 291 g/mol. The number of aryl methyl sites for hydroxylation is 1. The number of guanidine groups is 1. The van der Waals surface area contributed by atoms with Crippen LogP contribution in [0.5, 0.6) is 5.75 Å². The van der Waals surface area contributed by atoms with Crippen molar-refractivity contribution in [3.63, 3.8) is 0 Å². The molecule has 0 spiro atoms. The molecule has 21 heavy (non-hydrogen) atoms. The molecule has 0 aliphatic rings. The van der Waals surface area contributed by atoms with Gasteiger partial charge < -0.3 is 15.8 Å². The Morgan fingerprint density at radius 1 is 1.33 bits per heavy atom. The first-order chi connectivity index (χ1) is 9.92. The Labute approximate surface area is 128 Å². The Hall–Kier alpha value is -1.71. The van der Waals surface area contributed by atoms with Gasteiger partial charge in [-0.15, -0.1) is 0 Å². The van der Waals surface area contributed by atoms with E-state index >= 15 is 0 Å². The summed E-state index contributed by atoms with van der Waals surface area (Å²) in [6, 6.07) is 6.22. The fourth-order valence-electron chi connectivity index (χ4n) is 2.24. The van der Waals surface area contributed by atoms with E-state index in [0.29, 0.717) is 18.4 Å². The van der Waals surface area contributed by atoms with E-state index in [1.807, 2.05) is 6.92 Å². The van der Waals surface area contributed by atoms with Gasteiger partial charge in [0.25, 0.3) is 0 Å². The second-order valence-electron chi connectivity index (χ2n) is 5.90. The summed E-state index contributed by atoms with van der Waals surface area (Å²) in [7, 11) is 0. The van der Waals surface area contributed by atoms with Crippen LogP contribution in [-0.2, 0) is 6.54 Å². The third-order valence-corrected chi connectivity index (χ3v) is 3.13. The Morgan fingerprint density at radius 2 is 2.05 bits per heavy atom. The Balaban J connectivity index is 2.82. The molecule has 0 aliphatic carbocycles. The van der Waals surface area contributed by atoms with E-state index in [9.17, 15) is 0 Å². The van der Waals surface area contributed by atoms with E-state index in [4.69, 9.17) is 10.5 Å². The molecule has 0 amide bonds. The highest BCUT2D eigenvalue weighted by Crippen LogP contribution is 2.24. The number of nitrogens with one attached hydrogen (secondary N) is 1. The summed E-state index contributed by atoms with van der Waals surface area (Å²) in [6.45, 7) is 11.9. The van der Waals surface area contributed by atoms with Crippen LogP contribution in [0.25, 0.3) is 0 Å². The van der Waals surface area contributed by atoms with Gasteiger partial charge in [-0.2, -0.15) is 0 Å². The number of hydrogen-bond donors (Lipinski definition) is 2. The number of aliphatic imine (C=N–C) groups is 1. The third-order valence-electron chi connectivity index (χ3n) is 3.13. The SMILES string of the molecule is CCNC(N)=NCc1ccc(C)cc1OC(C)CC(C)C. The van der Waals surface area contributed by atoms with Gasteiger partial charge in [0, 0.05) is 12.1 Å². The first kappa shape index (κ1) is 17.3. The number of nitrogens with zero attached hydrogens (tertiary/aromatic N) is 1. The lowest BCUT2D eigenvalue weighted by Gasteiger charge is -2.19. The molecule has 1 rings (SSSR count). The zero-order chi connectivity index (χ0) is 15.8. The summed E-state index contributed by atoms with van der Waals surface area (Å²) < 4.78 is 6.10. The van der Waals surface area contributed by atoms with Crippen LogP contribution in [0.15, 0.2) is 23.2 Å². The summed E-state index contributed by atoms with van der Waals surface area (Å²) in [5, 5.41) is 3.00. The molecule has 1 aromatic carbocycles. The largest absolute Gasteiger partial charge is 0.490 e. The first-order valence-corrected chi connectivity index (χ1v) is 7.72. The van der Waals surface area contributed by atoms with Crippen molar-refractivity contribution < 1.29 is 4.74 Å². The molecule has 0 aliphatic heterocycles. The highest BCUT2D eigenvalue weighted by atomic mass is 16.5. The maximum atomic E-state index is 6.10. The van der Waals surface area contributed by atoms with Gasteiger partial charge >= 0.3 is 0 Å². The predicted octanol–water partition coefficient (Wildman–Crippen LogP) is 3.23. The number of rotatable bonds is 7. The van der Waals surface area contributed by atoms with E-state index in [2.05, 4.69) is 56.2 Å². The lowest BCUT2D eigenvalue weighted by Crippen LogP contribution is -2.31. The molecule has 4 heteroatoms. The highest BCUT2D eigenvalue weighted by Gasteiger charge is 2.10. The van der Waals surface area contributed by atoms with Crippen LogP contribution in [0.1, 0.15) is 45.2 Å². The quantitative estimate of drug-likeness (QED) is 0.599. The van der Waals surface area contributed by atoms with Gasteiger partial charge in [-0.3, -0.25) is 0 Å². The van der Waals surface area contributed by atoms with Crippen LogP contribution in [0.4, 0.5) is 0 Å². The van der Waals surface area contributed by atoms with Crippen LogP contribution in [0.3, 0.4) is 0 Å². The number of nitrogens with two attached hydrogens (primary N) is 1. The minimum Gasteiger partial charge on any atom is -0.490 e. The Morgan fingerprint density at radius 3 is 2.67 bits per heavy atom. The Kier molecular flexibility index (Phi) is 7.06. The van der Waals surface area contributed by atoms with Crippen LogP contribution >= 0.6 is 0 Å². The van der Waals surface area contributed by atoms with Crippen molar-refractivity contribution in [2.45, 2.75) is 53.7 Å². The molecule has 0 aromatic heterocycles. The maximum absolute atomic E-state index is 6.10. The average molecular weight is 291 g/mol. The topological polar surface area (TPSA) is 59.6 Å². The fraction of sp³-hybridized carbons (Fsp3) is 0.588. The third kappa shape index (κ3) is 6.52. The molecule has 4 nitrogen and oxygen atoms in total. The van der Waals surface area contributed by atoms with Gasteiger partial charge in [-0.05, 0) is 44.7 Å². The van der Waals surface area contributed by atoms with Gasteiger partial charge in [0.15, 0.2) is 5.96 Å². The normalized spacial score (nSPS) is 13.3. The molecule has 0 bridgehead atoms. The molecule has 0 radical (unpaired) electrons. The molecule has 1 unspecified atom stereocenters. The zero-order valence-corrected chi connectivity index (χ0v) is 13.9. The molecular weight excluding hydrogens is 262 g/mol. The highest BCUT2D eigenvalue weighted by molar-refractivity contribution is 5.77. The number of benzene rings is 1. The van der Waals surface area contributed by atoms with Crippen molar-refractivity contribution in [3.8, 4) is 5.75 Å². The minimum atomic E-state index is 0.195. The summed E-state index contributed by atoms with van der Waals surface area (Å²) in [5.74, 6) is 2.01. The lowest BCUT2D eigenvalue weighted by atomic mass is 10.1. The summed E-state index contributed by atoms with van der Waals surface area (Å²) in [5.41, 5.74) is 8.03. The molecule has 0 fully saturated rings. The second-order valence-corrected chi connectivity index (χ2v) is 5.90. The first-order valence-electron chi connectivity index (χ1n) is 7.72. The van der Waals surface area contributed by atoms with Crippen molar-refractivity contribution in [3.05, 3.63) is 29.3 Å². The Bertz CT molecular complexity index is 469. The summed E-state index contributed by atoms with van der Waals surface area (Å²) >= 11 is 0. The smallest absolute Gasteiger partial charge is 0.188 e. The van der Waals surface area contributed by atoms with Crippen molar-refractivity contribution in [2.24, 2.45) is 16.6 Å². The average Bonchev–Trinajstić information content (AvgIpc) is 2.37. The van der Waals surface area contributed by atoms with Gasteiger partial charge in [-0.25, -0.2) is 4.99 Å². The number of ether oxygens (including phenoxy) is 1. The summed E-state index contributed by atoms with van der Waals surface area (Å²) in [4.78, 5) is 4.35. The van der Waals surface area contributed by atoms with Gasteiger partial charge in [0.2, 0.25) is 0 Å². The number of hydrogen-bond acceptors (Lipinski definition) is 2. The van der Waals surface area contributed by atoms with Crippen molar-refractivity contribution >= 4 is 5.96 Å². The van der Waals surface area contributed by atoms with Gasteiger partial charge in [0.1, 0.15) is 5.75 Å². The fourth-order valence-corrected chi connectivity index (χ4v) is 2.24. The molecule has 0 saturated carbocycles. The summed E-state index contributed by atoms with van der Waals surface area (Å²) in [6.07, 6.45) is 1.23. The minimum absolute atomic E-state index is 0.195. The van der Waals surface area contributed by atoms with Crippen LogP contribution in [0.2, 0.25) is 0 Å². The van der Waals surface area contributed by atoms with Gasteiger partial charge in [0.05, 0.1) is 12.6 Å². The van der Waals surface area contributed by atoms with Crippen molar-refractivity contribution in [2.75, 3.05) is 6.54 Å². The van der Waals surface area contributed by atoms with Gasteiger partial charge in [-0.1, -0.05) is 26.0 Å². The van der Waals surface area contributed by atoms with Crippen LogP contribution < -0.4 is 15.8 Å². The van der Waals surface area contributed by atoms with Crippen molar-refractivity contribution in [1.29, 1.82) is 0 Å². The van der Waals surface area contributed by atoms with E-state index in [1.54, 1.807) is 0 Å². The molecule has 3 N–H and O–H groups in total. The molecular formula is C17H29N3O. The van der Waals surface area contributed by atoms with E-state index in [0.717, 1.165) is 24.3 Å². The van der Waals surface area contributed by atoms with E-state index in [1.165, 1.54) is 5.56 Å².